The number of aromatic nitrogens is 4. The van der Waals surface area contributed by atoms with Crippen molar-refractivity contribution < 1.29 is 4.79 Å². The first-order valence-electron chi connectivity index (χ1n) is 9.23. The molecule has 7 nitrogen and oxygen atoms in total. The molecule has 1 unspecified atom stereocenters. The fourth-order valence-electron chi connectivity index (χ4n) is 4.23. The standard InChI is InChI=1S/C18H22N6O/c25-18-5-2-7-23(18)15-10-19-24(12-15)14-6-8-22(11-14)17-9-13-3-1-4-16(13)20-21-17/h9-10,12,14H,1-8,11H2. The molecule has 3 aliphatic rings. The molecule has 2 aromatic heterocycles. The summed E-state index contributed by atoms with van der Waals surface area (Å²) in [6.45, 7) is 2.67. The van der Waals surface area contributed by atoms with Crippen molar-refractivity contribution in [2.75, 3.05) is 29.4 Å². The van der Waals surface area contributed by atoms with E-state index in [0.717, 1.165) is 56.8 Å². The van der Waals surface area contributed by atoms with Crippen molar-refractivity contribution in [1.82, 2.24) is 20.0 Å². The molecule has 0 radical (unpaired) electrons. The number of aryl methyl sites for hydroxylation is 2. The molecule has 0 saturated carbocycles. The van der Waals surface area contributed by atoms with Gasteiger partial charge in [-0.15, -0.1) is 5.10 Å². The van der Waals surface area contributed by atoms with E-state index in [2.05, 4.69) is 26.3 Å². The zero-order valence-electron chi connectivity index (χ0n) is 14.3. The lowest BCUT2D eigenvalue weighted by Crippen LogP contribution is -2.23. The van der Waals surface area contributed by atoms with Crippen LogP contribution >= 0.6 is 0 Å². The Bertz CT molecular complexity index is 816. The summed E-state index contributed by atoms with van der Waals surface area (Å²) in [6, 6.07) is 2.54. The van der Waals surface area contributed by atoms with Gasteiger partial charge in [0.15, 0.2) is 5.82 Å². The highest BCUT2D eigenvalue weighted by molar-refractivity contribution is 5.95. The van der Waals surface area contributed by atoms with Crippen molar-refractivity contribution in [3.63, 3.8) is 0 Å². The van der Waals surface area contributed by atoms with Crippen LogP contribution in [0.3, 0.4) is 0 Å². The number of amides is 1. The topological polar surface area (TPSA) is 67.2 Å². The fourth-order valence-corrected chi connectivity index (χ4v) is 4.23. The lowest BCUT2D eigenvalue weighted by atomic mass is 10.2. The molecule has 0 spiro atoms. The van der Waals surface area contributed by atoms with Gasteiger partial charge in [-0.25, -0.2) is 0 Å². The largest absolute Gasteiger partial charge is 0.353 e. The van der Waals surface area contributed by atoms with Gasteiger partial charge in [0.25, 0.3) is 0 Å². The van der Waals surface area contributed by atoms with Gasteiger partial charge in [0.1, 0.15) is 0 Å². The molecule has 1 amide bonds. The maximum absolute atomic E-state index is 11.9. The van der Waals surface area contributed by atoms with E-state index in [9.17, 15) is 4.79 Å². The number of nitrogens with zero attached hydrogens (tertiary/aromatic N) is 6. The third-order valence-corrected chi connectivity index (χ3v) is 5.64. The molecule has 7 heteroatoms. The molecule has 0 N–H and O–H groups in total. The molecular weight excluding hydrogens is 316 g/mol. The zero-order chi connectivity index (χ0) is 16.8. The van der Waals surface area contributed by atoms with E-state index in [4.69, 9.17) is 0 Å². The van der Waals surface area contributed by atoms with Crippen LogP contribution in [0, 0.1) is 0 Å². The van der Waals surface area contributed by atoms with Gasteiger partial charge in [0.05, 0.1) is 23.6 Å². The second kappa shape index (κ2) is 5.82. The molecule has 5 rings (SSSR count). The molecule has 2 aromatic rings. The maximum atomic E-state index is 11.9. The number of rotatable bonds is 3. The summed E-state index contributed by atoms with van der Waals surface area (Å²) in [7, 11) is 0. The smallest absolute Gasteiger partial charge is 0.227 e. The molecule has 1 aliphatic carbocycles. The second-order valence-corrected chi connectivity index (χ2v) is 7.24. The van der Waals surface area contributed by atoms with Crippen LogP contribution in [0.5, 0.6) is 0 Å². The molecule has 1 atom stereocenters. The van der Waals surface area contributed by atoms with Crippen LogP contribution in [0.15, 0.2) is 18.5 Å². The van der Waals surface area contributed by atoms with Crippen LogP contribution in [0.4, 0.5) is 11.5 Å². The minimum absolute atomic E-state index is 0.209. The Kier molecular flexibility index (Phi) is 3.46. The van der Waals surface area contributed by atoms with E-state index in [1.54, 1.807) is 0 Å². The summed E-state index contributed by atoms with van der Waals surface area (Å²) >= 11 is 0. The third kappa shape index (κ3) is 2.58. The summed E-state index contributed by atoms with van der Waals surface area (Å²) < 4.78 is 2.02. The van der Waals surface area contributed by atoms with Crippen LogP contribution in [-0.2, 0) is 17.6 Å². The molecular formula is C18H22N6O. The highest BCUT2D eigenvalue weighted by Gasteiger charge is 2.28. The Morgan fingerprint density at radius 2 is 2.04 bits per heavy atom. The zero-order valence-corrected chi connectivity index (χ0v) is 14.3. The van der Waals surface area contributed by atoms with E-state index in [-0.39, 0.29) is 5.91 Å². The molecule has 2 fully saturated rings. The Balaban J connectivity index is 1.31. The van der Waals surface area contributed by atoms with E-state index >= 15 is 0 Å². The first-order chi connectivity index (χ1) is 12.3. The highest BCUT2D eigenvalue weighted by atomic mass is 16.2. The number of anilines is 2. The molecule has 4 heterocycles. The van der Waals surface area contributed by atoms with E-state index < -0.39 is 0 Å². The Morgan fingerprint density at radius 1 is 1.08 bits per heavy atom. The lowest BCUT2D eigenvalue weighted by molar-refractivity contribution is -0.117. The van der Waals surface area contributed by atoms with Gasteiger partial charge in [0.2, 0.25) is 5.91 Å². The molecule has 130 valence electrons. The first kappa shape index (κ1) is 14.9. The van der Waals surface area contributed by atoms with Gasteiger partial charge in [-0.3, -0.25) is 9.48 Å². The summed E-state index contributed by atoms with van der Waals surface area (Å²) in [4.78, 5) is 16.1. The van der Waals surface area contributed by atoms with Gasteiger partial charge in [-0.2, -0.15) is 10.2 Å². The predicted octanol–water partition coefficient (Wildman–Crippen LogP) is 1.74. The molecule has 0 aromatic carbocycles. The van der Waals surface area contributed by atoms with Crippen molar-refractivity contribution in [1.29, 1.82) is 0 Å². The maximum Gasteiger partial charge on any atom is 0.227 e. The second-order valence-electron chi connectivity index (χ2n) is 7.24. The number of fused-ring (bicyclic) bond motifs is 1. The number of hydrogen-bond acceptors (Lipinski definition) is 5. The van der Waals surface area contributed by atoms with E-state index in [1.165, 1.54) is 17.7 Å². The van der Waals surface area contributed by atoms with Crippen molar-refractivity contribution in [3.8, 4) is 0 Å². The van der Waals surface area contributed by atoms with Crippen LogP contribution in [-0.4, -0.2) is 45.5 Å². The lowest BCUT2D eigenvalue weighted by Gasteiger charge is -2.18. The van der Waals surface area contributed by atoms with Gasteiger partial charge in [-0.1, -0.05) is 0 Å². The molecule has 25 heavy (non-hydrogen) atoms. The van der Waals surface area contributed by atoms with Gasteiger partial charge in [-0.05, 0) is 43.7 Å². The first-order valence-corrected chi connectivity index (χ1v) is 9.23. The number of carbonyl (C=O) groups is 1. The Labute approximate surface area is 146 Å². The average molecular weight is 338 g/mol. The minimum Gasteiger partial charge on any atom is -0.353 e. The van der Waals surface area contributed by atoms with Crippen LogP contribution in [0.1, 0.15) is 43.0 Å². The van der Waals surface area contributed by atoms with Gasteiger partial charge >= 0.3 is 0 Å². The van der Waals surface area contributed by atoms with Crippen LogP contribution in [0.2, 0.25) is 0 Å². The molecule has 0 bridgehead atoms. The average Bonchev–Trinajstić information content (AvgIpc) is 3.39. The van der Waals surface area contributed by atoms with Gasteiger partial charge in [0, 0.05) is 32.3 Å². The van der Waals surface area contributed by atoms with Crippen LogP contribution in [0.25, 0.3) is 0 Å². The summed E-state index contributed by atoms with van der Waals surface area (Å²) in [5.41, 5.74) is 3.46. The van der Waals surface area contributed by atoms with Crippen molar-refractivity contribution in [2.24, 2.45) is 0 Å². The monoisotopic (exact) mass is 338 g/mol. The minimum atomic E-state index is 0.209. The van der Waals surface area contributed by atoms with Crippen molar-refractivity contribution >= 4 is 17.4 Å². The summed E-state index contributed by atoms with van der Waals surface area (Å²) in [6.07, 6.45) is 9.86. The number of hydrogen-bond donors (Lipinski definition) is 0. The highest BCUT2D eigenvalue weighted by Crippen LogP contribution is 2.29. The Morgan fingerprint density at radius 3 is 2.92 bits per heavy atom. The quantitative estimate of drug-likeness (QED) is 0.853. The fraction of sp³-hybridized carbons (Fsp3) is 0.556. The Hall–Kier alpha value is -2.44. The molecule has 2 aliphatic heterocycles. The molecule has 2 saturated heterocycles. The third-order valence-electron chi connectivity index (χ3n) is 5.64. The van der Waals surface area contributed by atoms with Crippen molar-refractivity contribution in [2.45, 2.75) is 44.6 Å². The predicted molar refractivity (Wildman–Crippen MR) is 93.7 cm³/mol. The van der Waals surface area contributed by atoms with E-state index in [1.807, 2.05) is 22.0 Å². The van der Waals surface area contributed by atoms with E-state index in [0.29, 0.717) is 12.5 Å². The van der Waals surface area contributed by atoms with Crippen LogP contribution < -0.4 is 9.80 Å². The normalized spacial score (nSPS) is 22.9. The summed E-state index contributed by atoms with van der Waals surface area (Å²) in [5, 5.41) is 13.4. The SMILES string of the molecule is O=C1CCCN1c1cnn(C2CCN(c3cc4c(nn3)CCC4)C2)c1. The van der Waals surface area contributed by atoms with Crippen molar-refractivity contribution in [3.05, 3.63) is 29.7 Å². The number of carbonyl (C=O) groups excluding carboxylic acids is 1. The summed E-state index contributed by atoms with van der Waals surface area (Å²) in [5.74, 6) is 1.20. The van der Waals surface area contributed by atoms with Gasteiger partial charge < -0.3 is 9.80 Å².